The second-order valence-corrected chi connectivity index (χ2v) is 3.37. The van der Waals surface area contributed by atoms with E-state index in [-0.39, 0.29) is 14.9 Å². The maximum absolute atomic E-state index is 5.08. The van der Waals surface area contributed by atoms with Gasteiger partial charge in [0.2, 0.25) is 6.79 Å². The predicted octanol–water partition coefficient (Wildman–Crippen LogP) is 4.38. The van der Waals surface area contributed by atoms with Crippen LogP contribution in [-0.2, 0) is 0 Å². The molecule has 0 amide bonds. The van der Waals surface area contributed by atoms with Crippen molar-refractivity contribution >= 4 is 0 Å². The van der Waals surface area contributed by atoms with Crippen molar-refractivity contribution in [3.05, 3.63) is 54.6 Å². The Labute approximate surface area is 115 Å². The maximum Gasteiger partial charge on any atom is 0.231 e. The lowest BCUT2D eigenvalue weighted by molar-refractivity contribution is 0.174. The average Bonchev–Trinajstić information content (AvgIpc) is 2.89. The zero-order chi connectivity index (χ0) is 11.9. The SMILES string of the molecule is C.C.COc1ccccc1.c1ccc2c(c1)OCO2. The minimum absolute atomic E-state index is 0. The summed E-state index contributed by atoms with van der Waals surface area (Å²) >= 11 is 0. The molecule has 0 unspecified atom stereocenters. The van der Waals surface area contributed by atoms with Crippen molar-refractivity contribution < 1.29 is 14.2 Å². The number of hydrogen-bond acceptors (Lipinski definition) is 3. The van der Waals surface area contributed by atoms with Gasteiger partial charge in [-0.3, -0.25) is 0 Å². The van der Waals surface area contributed by atoms with Crippen LogP contribution in [0.1, 0.15) is 14.9 Å². The van der Waals surface area contributed by atoms with Crippen LogP contribution in [0.3, 0.4) is 0 Å². The molecule has 3 rings (SSSR count). The number of para-hydroxylation sites is 3. The highest BCUT2D eigenvalue weighted by Gasteiger charge is 2.09. The smallest absolute Gasteiger partial charge is 0.231 e. The van der Waals surface area contributed by atoms with Gasteiger partial charge in [0.05, 0.1) is 7.11 Å². The third-order valence-electron chi connectivity index (χ3n) is 2.26. The van der Waals surface area contributed by atoms with E-state index in [0.29, 0.717) is 6.79 Å². The van der Waals surface area contributed by atoms with Gasteiger partial charge in [0.25, 0.3) is 0 Å². The molecule has 19 heavy (non-hydrogen) atoms. The fourth-order valence-electron chi connectivity index (χ4n) is 1.40. The van der Waals surface area contributed by atoms with Crippen molar-refractivity contribution in [3.8, 4) is 17.2 Å². The highest BCUT2D eigenvalue weighted by atomic mass is 16.7. The highest BCUT2D eigenvalue weighted by Crippen LogP contribution is 2.30. The van der Waals surface area contributed by atoms with Crippen molar-refractivity contribution in [2.45, 2.75) is 14.9 Å². The molecule has 3 heteroatoms. The summed E-state index contributed by atoms with van der Waals surface area (Å²) in [5.41, 5.74) is 0. The normalized spacial score (nSPS) is 10.2. The van der Waals surface area contributed by atoms with E-state index in [1.807, 2.05) is 54.6 Å². The van der Waals surface area contributed by atoms with Crippen LogP contribution in [0.2, 0.25) is 0 Å². The molecule has 3 nitrogen and oxygen atoms in total. The number of rotatable bonds is 1. The van der Waals surface area contributed by atoms with Crippen LogP contribution in [0.15, 0.2) is 54.6 Å². The summed E-state index contributed by atoms with van der Waals surface area (Å²) in [4.78, 5) is 0. The lowest BCUT2D eigenvalue weighted by Gasteiger charge is -1.93. The fraction of sp³-hybridized carbons (Fsp3) is 0.250. The standard InChI is InChI=1S/C7H6O2.C7H8O.2CH4/c1-2-4-7-6(3-1)8-5-9-7;1-8-7-5-3-2-4-6-7;;/h1-4H,5H2;2-6H,1H3;2*1H4. The molecule has 0 saturated heterocycles. The maximum atomic E-state index is 5.08. The molecule has 0 radical (unpaired) electrons. The largest absolute Gasteiger partial charge is 0.497 e. The molecular weight excluding hydrogens is 240 g/mol. The molecule has 0 bridgehead atoms. The van der Waals surface area contributed by atoms with E-state index in [1.54, 1.807) is 7.11 Å². The fourth-order valence-corrected chi connectivity index (χ4v) is 1.40. The summed E-state index contributed by atoms with van der Waals surface area (Å²) < 4.78 is 15.1. The molecule has 2 aromatic rings. The molecule has 0 saturated carbocycles. The minimum atomic E-state index is 0. The third-order valence-corrected chi connectivity index (χ3v) is 2.26. The lowest BCUT2D eigenvalue weighted by Crippen LogP contribution is -1.92. The van der Waals surface area contributed by atoms with Gasteiger partial charge >= 0.3 is 0 Å². The minimum Gasteiger partial charge on any atom is -0.497 e. The van der Waals surface area contributed by atoms with Crippen molar-refractivity contribution in [1.29, 1.82) is 0 Å². The number of methoxy groups -OCH3 is 1. The van der Waals surface area contributed by atoms with E-state index in [9.17, 15) is 0 Å². The molecule has 0 aromatic heterocycles. The van der Waals surface area contributed by atoms with Gasteiger partial charge in [-0.15, -0.1) is 0 Å². The summed E-state index contributed by atoms with van der Waals surface area (Å²) in [6.45, 7) is 0.360. The van der Waals surface area contributed by atoms with Gasteiger partial charge in [-0.2, -0.15) is 0 Å². The van der Waals surface area contributed by atoms with Gasteiger partial charge in [0.15, 0.2) is 11.5 Å². The Bertz CT molecular complexity index is 432. The van der Waals surface area contributed by atoms with Gasteiger partial charge in [-0.25, -0.2) is 0 Å². The summed E-state index contributed by atoms with van der Waals surface area (Å²) in [6.07, 6.45) is 0. The molecule has 0 spiro atoms. The van der Waals surface area contributed by atoms with Crippen LogP contribution in [0.4, 0.5) is 0 Å². The van der Waals surface area contributed by atoms with Crippen molar-refractivity contribution in [1.82, 2.24) is 0 Å². The Balaban J connectivity index is 0.000000311. The van der Waals surface area contributed by atoms with Gasteiger partial charge in [-0.05, 0) is 24.3 Å². The molecule has 1 aliphatic heterocycles. The van der Waals surface area contributed by atoms with Gasteiger partial charge in [0, 0.05) is 0 Å². The Morgan fingerprint density at radius 3 is 1.68 bits per heavy atom. The van der Waals surface area contributed by atoms with E-state index in [4.69, 9.17) is 14.2 Å². The second-order valence-electron chi connectivity index (χ2n) is 3.37. The first kappa shape index (κ1) is 16.8. The molecule has 0 fully saturated rings. The highest BCUT2D eigenvalue weighted by molar-refractivity contribution is 5.40. The van der Waals surface area contributed by atoms with E-state index in [0.717, 1.165) is 17.2 Å². The van der Waals surface area contributed by atoms with Crippen molar-refractivity contribution in [2.24, 2.45) is 0 Å². The molecule has 0 aliphatic carbocycles. The van der Waals surface area contributed by atoms with Crippen LogP contribution in [0.5, 0.6) is 17.2 Å². The average molecular weight is 262 g/mol. The molecule has 0 N–H and O–H groups in total. The van der Waals surface area contributed by atoms with Crippen LogP contribution in [0.25, 0.3) is 0 Å². The first-order chi connectivity index (χ1) is 8.40. The van der Waals surface area contributed by atoms with Crippen LogP contribution >= 0.6 is 0 Å². The van der Waals surface area contributed by atoms with Gasteiger partial charge < -0.3 is 14.2 Å². The molecule has 1 heterocycles. The van der Waals surface area contributed by atoms with E-state index < -0.39 is 0 Å². The number of benzene rings is 2. The van der Waals surface area contributed by atoms with Crippen molar-refractivity contribution in [3.63, 3.8) is 0 Å². The molecule has 1 aliphatic rings. The lowest BCUT2D eigenvalue weighted by atomic mass is 10.3. The Morgan fingerprint density at radius 2 is 1.26 bits per heavy atom. The summed E-state index contributed by atoms with van der Waals surface area (Å²) in [5, 5.41) is 0. The number of ether oxygens (including phenoxy) is 3. The second kappa shape index (κ2) is 8.86. The monoisotopic (exact) mass is 262 g/mol. The van der Waals surface area contributed by atoms with Gasteiger partial charge in [-0.1, -0.05) is 45.2 Å². The summed E-state index contributed by atoms with van der Waals surface area (Å²) in [6, 6.07) is 17.3. The summed E-state index contributed by atoms with van der Waals surface area (Å²) in [5.74, 6) is 2.60. The summed E-state index contributed by atoms with van der Waals surface area (Å²) in [7, 11) is 1.66. The van der Waals surface area contributed by atoms with Gasteiger partial charge in [0.1, 0.15) is 5.75 Å². The van der Waals surface area contributed by atoms with Crippen LogP contribution < -0.4 is 14.2 Å². The number of fused-ring (bicyclic) bond motifs is 1. The van der Waals surface area contributed by atoms with E-state index in [1.165, 1.54) is 0 Å². The topological polar surface area (TPSA) is 27.7 Å². The zero-order valence-corrected chi connectivity index (χ0v) is 9.63. The Kier molecular flexibility index (Phi) is 7.85. The molecule has 104 valence electrons. The van der Waals surface area contributed by atoms with E-state index in [2.05, 4.69) is 0 Å². The zero-order valence-electron chi connectivity index (χ0n) is 9.63. The molecular formula is C16H22O3. The third kappa shape index (κ3) is 4.92. The molecule has 2 aromatic carbocycles. The van der Waals surface area contributed by atoms with Crippen molar-refractivity contribution in [2.75, 3.05) is 13.9 Å². The quantitative estimate of drug-likeness (QED) is 0.763. The van der Waals surface area contributed by atoms with Crippen LogP contribution in [-0.4, -0.2) is 13.9 Å². The Hall–Kier alpha value is -2.16. The Morgan fingerprint density at radius 1 is 0.789 bits per heavy atom. The number of hydrogen-bond donors (Lipinski definition) is 0. The first-order valence-corrected chi connectivity index (χ1v) is 5.34. The first-order valence-electron chi connectivity index (χ1n) is 5.34. The predicted molar refractivity (Wildman–Crippen MR) is 79.0 cm³/mol. The van der Waals surface area contributed by atoms with E-state index >= 15 is 0 Å². The molecule has 0 atom stereocenters. The van der Waals surface area contributed by atoms with Crippen LogP contribution in [0, 0.1) is 0 Å².